The molecule has 2 N–H and O–H groups in total. The molecule has 0 fully saturated rings. The molecular formula is C15H12F3NO. The van der Waals surface area contributed by atoms with Gasteiger partial charge in [0.25, 0.3) is 0 Å². The first-order valence-electron chi connectivity index (χ1n) is 5.88. The van der Waals surface area contributed by atoms with E-state index in [-0.39, 0.29) is 16.7 Å². The molecule has 0 atom stereocenters. The van der Waals surface area contributed by atoms with Crippen LogP contribution in [0.4, 0.5) is 13.2 Å². The number of aryl methyl sites for hydroxylation is 1. The smallest absolute Gasteiger partial charge is 0.366 e. The largest absolute Gasteiger partial charge is 0.417 e. The van der Waals surface area contributed by atoms with Gasteiger partial charge in [-0.3, -0.25) is 4.79 Å². The number of benzene rings is 2. The third kappa shape index (κ3) is 2.52. The molecule has 5 heteroatoms. The van der Waals surface area contributed by atoms with E-state index in [0.717, 1.165) is 6.07 Å². The van der Waals surface area contributed by atoms with Crippen molar-refractivity contribution in [3.63, 3.8) is 0 Å². The minimum atomic E-state index is -4.49. The second-order valence-electron chi connectivity index (χ2n) is 4.41. The summed E-state index contributed by atoms with van der Waals surface area (Å²) in [5.41, 5.74) is 5.33. The summed E-state index contributed by atoms with van der Waals surface area (Å²) in [6.07, 6.45) is -4.49. The minimum absolute atomic E-state index is 0.0353. The number of amides is 1. The lowest BCUT2D eigenvalue weighted by Gasteiger charge is -2.16. The summed E-state index contributed by atoms with van der Waals surface area (Å²) in [6.45, 7) is 1.65. The Kier molecular flexibility index (Phi) is 3.53. The standard InChI is InChI=1S/C15H12F3NO/c1-9-5-4-7-11(14(19)20)13(9)10-6-2-3-8-12(10)15(16,17)18/h2-8H,1H3,(H2,19,20). The Labute approximate surface area is 114 Å². The fraction of sp³-hybridized carbons (Fsp3) is 0.133. The number of nitrogens with two attached hydrogens (primary N) is 1. The molecule has 0 aromatic heterocycles. The van der Waals surface area contributed by atoms with Gasteiger partial charge in [0.2, 0.25) is 5.91 Å². The van der Waals surface area contributed by atoms with Crippen molar-refractivity contribution < 1.29 is 18.0 Å². The Morgan fingerprint density at radius 1 is 1.05 bits per heavy atom. The van der Waals surface area contributed by atoms with Gasteiger partial charge in [0.1, 0.15) is 0 Å². The van der Waals surface area contributed by atoms with E-state index in [1.807, 2.05) is 0 Å². The lowest BCUT2D eigenvalue weighted by Crippen LogP contribution is -2.14. The summed E-state index contributed by atoms with van der Waals surface area (Å²) < 4.78 is 39.2. The molecule has 0 saturated heterocycles. The highest BCUT2D eigenvalue weighted by Gasteiger charge is 2.34. The molecule has 0 bridgehead atoms. The molecule has 0 aliphatic heterocycles. The van der Waals surface area contributed by atoms with Crippen LogP contribution in [0.5, 0.6) is 0 Å². The van der Waals surface area contributed by atoms with Gasteiger partial charge in [-0.1, -0.05) is 30.3 Å². The predicted molar refractivity (Wildman–Crippen MR) is 70.1 cm³/mol. The molecule has 2 aromatic carbocycles. The maximum absolute atomic E-state index is 13.1. The number of carbonyl (C=O) groups is 1. The Bertz CT molecular complexity index is 662. The SMILES string of the molecule is Cc1cccc(C(N)=O)c1-c1ccccc1C(F)(F)F. The van der Waals surface area contributed by atoms with Gasteiger partial charge in [-0.2, -0.15) is 13.2 Å². The van der Waals surface area contributed by atoms with Crippen LogP contribution >= 0.6 is 0 Å². The Morgan fingerprint density at radius 3 is 2.30 bits per heavy atom. The van der Waals surface area contributed by atoms with E-state index in [9.17, 15) is 18.0 Å². The molecule has 104 valence electrons. The van der Waals surface area contributed by atoms with Crippen LogP contribution in [0, 0.1) is 6.92 Å². The van der Waals surface area contributed by atoms with E-state index in [1.165, 1.54) is 24.3 Å². The van der Waals surface area contributed by atoms with Crippen LogP contribution in [0.15, 0.2) is 42.5 Å². The lowest BCUT2D eigenvalue weighted by molar-refractivity contribution is -0.137. The molecule has 0 aliphatic rings. The number of carbonyl (C=O) groups excluding carboxylic acids is 1. The van der Waals surface area contributed by atoms with Gasteiger partial charge in [0.15, 0.2) is 0 Å². The highest BCUT2D eigenvalue weighted by atomic mass is 19.4. The van der Waals surface area contributed by atoms with Crippen LogP contribution in [0.3, 0.4) is 0 Å². The van der Waals surface area contributed by atoms with Gasteiger partial charge in [0.05, 0.1) is 5.56 Å². The van der Waals surface area contributed by atoms with E-state index < -0.39 is 17.6 Å². The van der Waals surface area contributed by atoms with Crippen molar-refractivity contribution >= 4 is 5.91 Å². The van der Waals surface area contributed by atoms with Crippen LogP contribution in [-0.4, -0.2) is 5.91 Å². The fourth-order valence-corrected chi connectivity index (χ4v) is 2.18. The molecule has 2 nitrogen and oxygen atoms in total. The van der Waals surface area contributed by atoms with Gasteiger partial charge >= 0.3 is 6.18 Å². The van der Waals surface area contributed by atoms with Gasteiger partial charge in [-0.05, 0) is 35.7 Å². The Hall–Kier alpha value is -2.30. The van der Waals surface area contributed by atoms with Crippen molar-refractivity contribution in [3.8, 4) is 11.1 Å². The van der Waals surface area contributed by atoms with Gasteiger partial charge < -0.3 is 5.73 Å². The number of halogens is 3. The van der Waals surface area contributed by atoms with Crippen molar-refractivity contribution in [1.29, 1.82) is 0 Å². The molecule has 20 heavy (non-hydrogen) atoms. The monoisotopic (exact) mass is 279 g/mol. The first-order chi connectivity index (χ1) is 9.32. The second-order valence-corrected chi connectivity index (χ2v) is 4.41. The topological polar surface area (TPSA) is 43.1 Å². The zero-order chi connectivity index (χ0) is 14.9. The number of primary amides is 1. The molecule has 0 saturated carbocycles. The number of hydrogen-bond acceptors (Lipinski definition) is 1. The van der Waals surface area contributed by atoms with Gasteiger partial charge in [0, 0.05) is 5.56 Å². The molecule has 0 spiro atoms. The molecular weight excluding hydrogens is 267 g/mol. The van der Waals surface area contributed by atoms with E-state index in [4.69, 9.17) is 5.73 Å². The highest BCUT2D eigenvalue weighted by Crippen LogP contribution is 2.39. The van der Waals surface area contributed by atoms with Crippen molar-refractivity contribution in [2.75, 3.05) is 0 Å². The van der Waals surface area contributed by atoms with E-state index in [2.05, 4.69) is 0 Å². The quantitative estimate of drug-likeness (QED) is 0.893. The van der Waals surface area contributed by atoms with Crippen LogP contribution in [0.25, 0.3) is 11.1 Å². The van der Waals surface area contributed by atoms with Crippen LogP contribution in [0.1, 0.15) is 21.5 Å². The van der Waals surface area contributed by atoms with Gasteiger partial charge in [-0.15, -0.1) is 0 Å². The molecule has 1 amide bonds. The maximum Gasteiger partial charge on any atom is 0.417 e. The Morgan fingerprint density at radius 2 is 1.70 bits per heavy atom. The first-order valence-corrected chi connectivity index (χ1v) is 5.88. The first kappa shape index (κ1) is 14.1. The van der Waals surface area contributed by atoms with Crippen LogP contribution < -0.4 is 5.73 Å². The third-order valence-electron chi connectivity index (χ3n) is 3.04. The van der Waals surface area contributed by atoms with Crippen molar-refractivity contribution in [1.82, 2.24) is 0 Å². The minimum Gasteiger partial charge on any atom is -0.366 e. The zero-order valence-corrected chi connectivity index (χ0v) is 10.7. The number of hydrogen-bond donors (Lipinski definition) is 1. The molecule has 0 heterocycles. The predicted octanol–water partition coefficient (Wildman–Crippen LogP) is 3.78. The maximum atomic E-state index is 13.1. The molecule has 2 rings (SSSR count). The summed E-state index contributed by atoms with van der Waals surface area (Å²) in [5, 5.41) is 0. The summed E-state index contributed by atoms with van der Waals surface area (Å²) >= 11 is 0. The van der Waals surface area contributed by atoms with E-state index in [0.29, 0.717) is 5.56 Å². The molecule has 0 aliphatic carbocycles. The molecule has 0 radical (unpaired) electrons. The second kappa shape index (κ2) is 5.00. The normalized spacial score (nSPS) is 11.4. The number of alkyl halides is 3. The van der Waals surface area contributed by atoms with Crippen LogP contribution in [0.2, 0.25) is 0 Å². The number of rotatable bonds is 2. The van der Waals surface area contributed by atoms with E-state index >= 15 is 0 Å². The zero-order valence-electron chi connectivity index (χ0n) is 10.7. The summed E-state index contributed by atoms with van der Waals surface area (Å²) in [5.74, 6) is -0.749. The fourth-order valence-electron chi connectivity index (χ4n) is 2.18. The van der Waals surface area contributed by atoms with Crippen molar-refractivity contribution in [3.05, 3.63) is 59.2 Å². The lowest BCUT2D eigenvalue weighted by atomic mass is 9.91. The van der Waals surface area contributed by atoms with Gasteiger partial charge in [-0.25, -0.2) is 0 Å². The summed E-state index contributed by atoms with van der Waals surface area (Å²) in [6, 6.07) is 9.82. The summed E-state index contributed by atoms with van der Waals surface area (Å²) in [7, 11) is 0. The average molecular weight is 279 g/mol. The molecule has 0 unspecified atom stereocenters. The molecule has 2 aromatic rings. The Balaban J connectivity index is 2.79. The average Bonchev–Trinajstić information content (AvgIpc) is 2.37. The highest BCUT2D eigenvalue weighted by molar-refractivity contribution is 6.01. The third-order valence-corrected chi connectivity index (χ3v) is 3.04. The summed E-state index contributed by atoms with van der Waals surface area (Å²) in [4.78, 5) is 11.4. The van der Waals surface area contributed by atoms with E-state index in [1.54, 1.807) is 19.1 Å². The van der Waals surface area contributed by atoms with Crippen LogP contribution in [-0.2, 0) is 6.18 Å². The van der Waals surface area contributed by atoms with Crippen molar-refractivity contribution in [2.45, 2.75) is 13.1 Å². The van der Waals surface area contributed by atoms with Crippen molar-refractivity contribution in [2.24, 2.45) is 5.73 Å².